The Kier molecular flexibility index (Phi) is 3.63. The maximum Gasteiger partial charge on any atom is 0.458 e. The van der Waals surface area contributed by atoms with Crippen molar-refractivity contribution in [1.29, 1.82) is 0 Å². The Morgan fingerprint density at radius 1 is 1.23 bits per heavy atom. The summed E-state index contributed by atoms with van der Waals surface area (Å²) >= 11 is 0. The van der Waals surface area contributed by atoms with E-state index in [-0.39, 0.29) is 16.9 Å². The second-order valence-corrected chi connectivity index (χ2v) is 4.47. The highest BCUT2D eigenvalue weighted by atomic mass is 19.4. The van der Waals surface area contributed by atoms with Crippen LogP contribution in [0.4, 0.5) is 27.6 Å². The lowest BCUT2D eigenvalue weighted by atomic mass is 10.1. The first-order valence-corrected chi connectivity index (χ1v) is 5.79. The molecule has 0 aliphatic heterocycles. The number of benzene rings is 1. The molecule has 0 N–H and O–H groups in total. The molecule has 1 aromatic carbocycles. The molecular formula is C12H8F5N3O2. The fraction of sp³-hybridized carbons (Fsp3) is 0.250. The molecule has 2 rings (SSSR count). The van der Waals surface area contributed by atoms with Gasteiger partial charge in [-0.2, -0.15) is 27.1 Å². The van der Waals surface area contributed by atoms with Crippen molar-refractivity contribution in [3.8, 4) is 5.69 Å². The summed E-state index contributed by atoms with van der Waals surface area (Å²) in [7, 11) is 0. The summed E-state index contributed by atoms with van der Waals surface area (Å²) in [5, 5.41) is 14.1. The third kappa shape index (κ3) is 2.63. The Balaban J connectivity index is 2.41. The van der Waals surface area contributed by atoms with Crippen LogP contribution in [0.15, 0.2) is 30.6 Å². The first-order chi connectivity index (χ1) is 10.0. The normalized spacial score (nSPS) is 12.5. The van der Waals surface area contributed by atoms with Gasteiger partial charge in [0.1, 0.15) is 0 Å². The van der Waals surface area contributed by atoms with Crippen LogP contribution < -0.4 is 0 Å². The topological polar surface area (TPSA) is 61.0 Å². The van der Waals surface area contributed by atoms with Crippen LogP contribution >= 0.6 is 0 Å². The molecule has 0 bridgehead atoms. The van der Waals surface area contributed by atoms with Gasteiger partial charge in [0.15, 0.2) is 0 Å². The molecular weight excluding hydrogens is 313 g/mol. The number of alkyl halides is 5. The van der Waals surface area contributed by atoms with Gasteiger partial charge in [-0.3, -0.25) is 10.1 Å². The van der Waals surface area contributed by atoms with Gasteiger partial charge in [0.25, 0.3) is 5.69 Å². The van der Waals surface area contributed by atoms with E-state index in [2.05, 4.69) is 5.10 Å². The van der Waals surface area contributed by atoms with Gasteiger partial charge in [-0.15, -0.1) is 0 Å². The minimum Gasteiger partial charge on any atom is -0.258 e. The lowest BCUT2D eigenvalue weighted by Crippen LogP contribution is -2.33. The van der Waals surface area contributed by atoms with Crippen LogP contribution in [-0.4, -0.2) is 20.9 Å². The van der Waals surface area contributed by atoms with Crippen molar-refractivity contribution < 1.29 is 26.9 Å². The summed E-state index contributed by atoms with van der Waals surface area (Å²) in [6.07, 6.45) is -4.79. The molecule has 22 heavy (non-hydrogen) atoms. The number of hydrogen-bond donors (Lipinski definition) is 0. The first kappa shape index (κ1) is 15.9. The summed E-state index contributed by atoms with van der Waals surface area (Å²) in [5.41, 5.74) is -1.15. The summed E-state index contributed by atoms with van der Waals surface area (Å²) in [4.78, 5) is 10.0. The Hall–Kier alpha value is -2.52. The molecule has 5 nitrogen and oxygen atoms in total. The largest absolute Gasteiger partial charge is 0.458 e. The highest BCUT2D eigenvalue weighted by Gasteiger charge is 2.59. The van der Waals surface area contributed by atoms with E-state index in [1.54, 1.807) is 0 Å². The van der Waals surface area contributed by atoms with E-state index >= 15 is 0 Å². The van der Waals surface area contributed by atoms with Crippen molar-refractivity contribution in [2.75, 3.05) is 0 Å². The van der Waals surface area contributed by atoms with E-state index in [9.17, 15) is 32.1 Å². The number of halogens is 5. The molecule has 118 valence electrons. The standard InChI is InChI=1S/C12H8F5N3O2/c1-7-4-9(2-3-10(7)20(21)22)19-6-8(5-18-19)11(13,14)12(15,16)17/h2-6H,1H3. The molecule has 0 atom stereocenters. The van der Waals surface area contributed by atoms with Crippen LogP contribution in [-0.2, 0) is 5.92 Å². The number of aryl methyl sites for hydroxylation is 1. The molecule has 1 heterocycles. The molecule has 0 saturated heterocycles. The fourth-order valence-electron chi connectivity index (χ4n) is 1.78. The molecule has 0 aliphatic carbocycles. The predicted octanol–water partition coefficient (Wildman–Crippen LogP) is 3.74. The molecule has 0 unspecified atom stereocenters. The lowest BCUT2D eigenvalue weighted by molar-refractivity contribution is -0.385. The maximum atomic E-state index is 13.2. The van der Waals surface area contributed by atoms with Crippen molar-refractivity contribution >= 4 is 5.69 Å². The van der Waals surface area contributed by atoms with Gasteiger partial charge in [0.2, 0.25) is 0 Å². The van der Waals surface area contributed by atoms with E-state index < -0.39 is 22.6 Å². The first-order valence-electron chi connectivity index (χ1n) is 5.79. The highest BCUT2D eigenvalue weighted by Crippen LogP contribution is 2.43. The Labute approximate surface area is 120 Å². The van der Waals surface area contributed by atoms with Crippen LogP contribution in [0, 0.1) is 17.0 Å². The molecule has 0 spiro atoms. The quantitative estimate of drug-likeness (QED) is 0.491. The molecule has 10 heteroatoms. The number of rotatable bonds is 3. The van der Waals surface area contributed by atoms with Gasteiger partial charge in [-0.25, -0.2) is 4.68 Å². The highest BCUT2D eigenvalue weighted by molar-refractivity contribution is 5.47. The van der Waals surface area contributed by atoms with E-state index in [0.717, 1.165) is 10.7 Å². The summed E-state index contributed by atoms with van der Waals surface area (Å²) in [5.74, 6) is -5.03. The van der Waals surface area contributed by atoms with E-state index in [1.165, 1.54) is 19.1 Å². The molecule has 1 aromatic heterocycles. The zero-order chi connectivity index (χ0) is 16.7. The molecule has 2 aromatic rings. The van der Waals surface area contributed by atoms with Crippen molar-refractivity contribution in [2.24, 2.45) is 0 Å². The van der Waals surface area contributed by atoms with Crippen LogP contribution in [0.25, 0.3) is 5.69 Å². The van der Waals surface area contributed by atoms with E-state index in [4.69, 9.17) is 0 Å². The monoisotopic (exact) mass is 321 g/mol. The molecule has 0 radical (unpaired) electrons. The predicted molar refractivity (Wildman–Crippen MR) is 64.9 cm³/mol. The van der Waals surface area contributed by atoms with Crippen molar-refractivity contribution in [1.82, 2.24) is 9.78 Å². The lowest BCUT2D eigenvalue weighted by Gasteiger charge is -2.17. The minimum atomic E-state index is -5.73. The van der Waals surface area contributed by atoms with Gasteiger partial charge in [-0.1, -0.05) is 0 Å². The van der Waals surface area contributed by atoms with E-state index in [0.29, 0.717) is 12.4 Å². The minimum absolute atomic E-state index is 0.132. The molecule has 0 saturated carbocycles. The van der Waals surface area contributed by atoms with Gasteiger partial charge in [0.05, 0.1) is 22.4 Å². The Morgan fingerprint density at radius 3 is 2.36 bits per heavy atom. The van der Waals surface area contributed by atoms with Crippen molar-refractivity contribution in [2.45, 2.75) is 19.0 Å². The molecule has 0 aliphatic rings. The number of hydrogen-bond acceptors (Lipinski definition) is 3. The fourth-order valence-corrected chi connectivity index (χ4v) is 1.78. The van der Waals surface area contributed by atoms with Gasteiger partial charge < -0.3 is 0 Å². The van der Waals surface area contributed by atoms with Crippen molar-refractivity contribution in [3.63, 3.8) is 0 Å². The SMILES string of the molecule is Cc1cc(-n2cc(C(F)(F)C(F)(F)F)cn2)ccc1[N+](=O)[O-]. The summed E-state index contributed by atoms with van der Waals surface area (Å²) in [6, 6.07) is 3.59. The summed E-state index contributed by atoms with van der Waals surface area (Å²) < 4.78 is 64.0. The van der Waals surface area contributed by atoms with Crippen LogP contribution in [0.5, 0.6) is 0 Å². The average molecular weight is 321 g/mol. The Bertz CT molecular complexity index is 724. The average Bonchev–Trinajstić information content (AvgIpc) is 2.86. The van der Waals surface area contributed by atoms with Crippen LogP contribution in [0.2, 0.25) is 0 Å². The van der Waals surface area contributed by atoms with Gasteiger partial charge >= 0.3 is 12.1 Å². The van der Waals surface area contributed by atoms with E-state index in [1.807, 2.05) is 0 Å². The zero-order valence-corrected chi connectivity index (χ0v) is 10.9. The van der Waals surface area contributed by atoms with Gasteiger partial charge in [-0.05, 0) is 19.1 Å². The second-order valence-electron chi connectivity index (χ2n) is 4.47. The number of nitro groups is 1. The third-order valence-corrected chi connectivity index (χ3v) is 2.94. The maximum absolute atomic E-state index is 13.2. The van der Waals surface area contributed by atoms with Crippen LogP contribution in [0.3, 0.4) is 0 Å². The van der Waals surface area contributed by atoms with Gasteiger partial charge in [0, 0.05) is 17.8 Å². The smallest absolute Gasteiger partial charge is 0.258 e. The van der Waals surface area contributed by atoms with Crippen LogP contribution in [0.1, 0.15) is 11.1 Å². The van der Waals surface area contributed by atoms with Crippen molar-refractivity contribution in [3.05, 3.63) is 51.8 Å². The number of nitrogens with zero attached hydrogens (tertiary/aromatic N) is 3. The number of nitro benzene ring substituents is 1. The second kappa shape index (κ2) is 5.04. The Morgan fingerprint density at radius 2 is 1.86 bits per heavy atom. The zero-order valence-electron chi connectivity index (χ0n) is 10.9. The molecule has 0 amide bonds. The number of aromatic nitrogens is 2. The third-order valence-electron chi connectivity index (χ3n) is 2.94. The molecule has 0 fully saturated rings. The summed E-state index contributed by atoms with van der Waals surface area (Å²) in [6.45, 7) is 1.41.